The maximum absolute atomic E-state index is 14.0. The number of nitriles is 1. The second-order valence-corrected chi connectivity index (χ2v) is 12.7. The third-order valence-electron chi connectivity index (χ3n) is 9.05. The molecule has 5 aliphatic rings. The normalized spacial score (nSPS) is 35.7. The van der Waals surface area contributed by atoms with Gasteiger partial charge < -0.3 is 20.9 Å². The van der Waals surface area contributed by atoms with E-state index in [-0.39, 0.29) is 41.9 Å². The highest BCUT2D eigenvalue weighted by atomic mass is 19.3. The Morgan fingerprint density at radius 3 is 2.47 bits per heavy atom. The Kier molecular flexibility index (Phi) is 6.51. The van der Waals surface area contributed by atoms with Gasteiger partial charge in [-0.3, -0.25) is 19.2 Å². The van der Waals surface area contributed by atoms with Crippen LogP contribution in [0, 0.1) is 52.3 Å². The number of rotatable bonds is 7. The third-order valence-corrected chi connectivity index (χ3v) is 9.05. The van der Waals surface area contributed by atoms with Crippen LogP contribution in [-0.4, -0.2) is 65.7 Å². The Bertz CT molecular complexity index is 1110. The molecule has 9 atom stereocenters. The summed E-state index contributed by atoms with van der Waals surface area (Å²) in [6.45, 7) is 6.09. The Labute approximate surface area is 220 Å². The summed E-state index contributed by atoms with van der Waals surface area (Å²) in [4.78, 5) is 53.8. The molecule has 5 rings (SSSR count). The molecule has 3 N–H and O–H groups in total. The van der Waals surface area contributed by atoms with Gasteiger partial charge in [0.1, 0.15) is 24.0 Å². The summed E-state index contributed by atoms with van der Waals surface area (Å²) in [5, 5.41) is 17.8. The number of likely N-dealkylation sites (tertiary alicyclic amines) is 1. The minimum Gasteiger partial charge on any atom is -0.356 e. The van der Waals surface area contributed by atoms with Crippen LogP contribution in [0.2, 0.25) is 0 Å². The van der Waals surface area contributed by atoms with E-state index in [0.29, 0.717) is 19.5 Å². The van der Waals surface area contributed by atoms with Crippen LogP contribution in [0.15, 0.2) is 12.2 Å². The summed E-state index contributed by atoms with van der Waals surface area (Å²) in [5.74, 6) is -6.51. The van der Waals surface area contributed by atoms with E-state index in [9.17, 15) is 33.2 Å². The molecule has 9 unspecified atom stereocenters. The fourth-order valence-corrected chi connectivity index (χ4v) is 6.89. The number of alkyl halides is 2. The summed E-state index contributed by atoms with van der Waals surface area (Å²) >= 11 is 0. The highest BCUT2D eigenvalue weighted by Gasteiger charge is 2.63. The van der Waals surface area contributed by atoms with E-state index in [2.05, 4.69) is 34.2 Å². The van der Waals surface area contributed by atoms with Crippen molar-refractivity contribution in [1.29, 1.82) is 5.26 Å². The van der Waals surface area contributed by atoms with Crippen molar-refractivity contribution in [2.75, 3.05) is 13.1 Å². The molecule has 4 amide bonds. The number of fused-ring (bicyclic) bond motifs is 5. The van der Waals surface area contributed by atoms with Crippen molar-refractivity contribution in [3.05, 3.63) is 12.2 Å². The molecule has 2 saturated carbocycles. The Morgan fingerprint density at radius 1 is 1.21 bits per heavy atom. The zero-order valence-corrected chi connectivity index (χ0v) is 21.9. The number of hydrogen-bond donors (Lipinski definition) is 3. The highest BCUT2D eigenvalue weighted by Crippen LogP contribution is 2.54. The lowest BCUT2D eigenvalue weighted by atomic mass is 9.81. The van der Waals surface area contributed by atoms with Crippen molar-refractivity contribution in [2.45, 2.75) is 70.5 Å². The van der Waals surface area contributed by atoms with E-state index < -0.39 is 59.5 Å². The first-order valence-electron chi connectivity index (χ1n) is 13.5. The van der Waals surface area contributed by atoms with Gasteiger partial charge in [-0.05, 0) is 48.3 Å². The summed E-state index contributed by atoms with van der Waals surface area (Å²) in [6, 6.07) is -0.761. The summed E-state index contributed by atoms with van der Waals surface area (Å²) in [7, 11) is 0. The number of nitrogens with one attached hydrogen (secondary N) is 3. The van der Waals surface area contributed by atoms with Crippen LogP contribution in [0.3, 0.4) is 0 Å². The largest absolute Gasteiger partial charge is 0.356 e. The van der Waals surface area contributed by atoms with Crippen molar-refractivity contribution in [1.82, 2.24) is 20.9 Å². The highest BCUT2D eigenvalue weighted by molar-refractivity contribution is 5.94. The van der Waals surface area contributed by atoms with Gasteiger partial charge in [-0.15, -0.1) is 0 Å². The topological polar surface area (TPSA) is 131 Å². The van der Waals surface area contributed by atoms with E-state index in [1.54, 1.807) is 20.8 Å². The molecule has 2 heterocycles. The maximum atomic E-state index is 14.0. The molecule has 0 aromatic heterocycles. The van der Waals surface area contributed by atoms with Gasteiger partial charge in [0.05, 0.1) is 6.07 Å². The van der Waals surface area contributed by atoms with Crippen molar-refractivity contribution < 1.29 is 28.0 Å². The molecular formula is C27H35F2N5O4. The number of carbonyl (C=O) groups is 4. The molecule has 0 aromatic rings. The first kappa shape index (κ1) is 26.6. The number of allylic oxidation sites excluding steroid dienone is 2. The van der Waals surface area contributed by atoms with Gasteiger partial charge in [0.25, 0.3) is 5.92 Å². The molecule has 4 fully saturated rings. The molecule has 11 heteroatoms. The van der Waals surface area contributed by atoms with Crippen LogP contribution >= 0.6 is 0 Å². The fourth-order valence-electron chi connectivity index (χ4n) is 6.89. The predicted octanol–water partition coefficient (Wildman–Crippen LogP) is 1.36. The van der Waals surface area contributed by atoms with Crippen molar-refractivity contribution in [3.8, 4) is 6.07 Å². The molecule has 38 heavy (non-hydrogen) atoms. The summed E-state index contributed by atoms with van der Waals surface area (Å²) < 4.78 is 27.1. The van der Waals surface area contributed by atoms with Crippen molar-refractivity contribution in [3.63, 3.8) is 0 Å². The molecule has 0 spiro atoms. The zero-order chi connectivity index (χ0) is 27.6. The molecule has 0 aromatic carbocycles. The average Bonchev–Trinajstić information content (AvgIpc) is 3.37. The van der Waals surface area contributed by atoms with Gasteiger partial charge in [0.2, 0.25) is 23.6 Å². The minimum absolute atomic E-state index is 0.0648. The maximum Gasteiger partial charge on any atom is 0.260 e. The summed E-state index contributed by atoms with van der Waals surface area (Å²) in [5.41, 5.74) is -0.794. The molecule has 2 bridgehead atoms. The van der Waals surface area contributed by atoms with Gasteiger partial charge in [-0.25, -0.2) is 8.78 Å². The lowest BCUT2D eigenvalue weighted by Gasteiger charge is -2.37. The van der Waals surface area contributed by atoms with E-state index in [1.165, 1.54) is 4.90 Å². The van der Waals surface area contributed by atoms with E-state index in [0.717, 1.165) is 6.42 Å². The van der Waals surface area contributed by atoms with Crippen LogP contribution in [0.4, 0.5) is 8.78 Å². The van der Waals surface area contributed by atoms with Crippen molar-refractivity contribution in [2.24, 2.45) is 40.9 Å². The first-order chi connectivity index (χ1) is 17.8. The average molecular weight is 532 g/mol. The van der Waals surface area contributed by atoms with E-state index in [1.807, 2.05) is 0 Å². The quantitative estimate of drug-likeness (QED) is 0.427. The second kappa shape index (κ2) is 9.31. The summed E-state index contributed by atoms with van der Waals surface area (Å²) in [6.07, 6.45) is 5.36. The number of halogens is 2. The Hall–Kier alpha value is -3.03. The molecular weight excluding hydrogens is 496 g/mol. The van der Waals surface area contributed by atoms with E-state index >= 15 is 0 Å². The van der Waals surface area contributed by atoms with Gasteiger partial charge in [-0.2, -0.15) is 5.26 Å². The van der Waals surface area contributed by atoms with Gasteiger partial charge in [0.15, 0.2) is 0 Å². The number of hydrogen-bond acceptors (Lipinski definition) is 5. The standard InChI is InChI=1S/C27H35F2N5O4/c1-26(2,3)21(33-23(36)18-10-27(18,28)29)25(38)34-12-17-13-4-5-14(8-13)19(17)20(34)24(37)32-16(11-30)9-15-6-7-31-22(15)35/h4-5,13-21H,6-10,12H2,1-3H3,(H,31,35)(H,32,37)(H,33,36). The first-order valence-corrected chi connectivity index (χ1v) is 13.5. The van der Waals surface area contributed by atoms with Crippen molar-refractivity contribution >= 4 is 23.6 Å². The van der Waals surface area contributed by atoms with Crippen LogP contribution in [0.5, 0.6) is 0 Å². The van der Waals surface area contributed by atoms with Crippen LogP contribution in [0.25, 0.3) is 0 Å². The molecule has 9 nitrogen and oxygen atoms in total. The molecule has 0 radical (unpaired) electrons. The van der Waals surface area contributed by atoms with Crippen LogP contribution in [-0.2, 0) is 19.2 Å². The fraction of sp³-hybridized carbons (Fsp3) is 0.741. The smallest absolute Gasteiger partial charge is 0.260 e. The monoisotopic (exact) mass is 531 g/mol. The number of nitrogens with zero attached hydrogens (tertiary/aromatic N) is 2. The predicted molar refractivity (Wildman–Crippen MR) is 131 cm³/mol. The van der Waals surface area contributed by atoms with Crippen LogP contribution in [0.1, 0.15) is 46.5 Å². The molecule has 2 saturated heterocycles. The Balaban J connectivity index is 1.37. The van der Waals surface area contributed by atoms with Gasteiger partial charge >= 0.3 is 0 Å². The second-order valence-electron chi connectivity index (χ2n) is 12.7. The zero-order valence-electron chi connectivity index (χ0n) is 21.9. The number of carbonyl (C=O) groups excluding carboxylic acids is 4. The molecule has 2 aliphatic heterocycles. The molecule has 206 valence electrons. The lowest BCUT2D eigenvalue weighted by molar-refractivity contribution is -0.145. The SMILES string of the molecule is CC(C)(C)C(NC(=O)C1CC1(F)F)C(=O)N1CC2C3C=CC(C3)C2C1C(=O)NC(C#N)CC1CCNC1=O. The minimum atomic E-state index is -3.06. The Morgan fingerprint density at radius 2 is 1.89 bits per heavy atom. The lowest BCUT2D eigenvalue weighted by Crippen LogP contribution is -2.59. The number of amides is 4. The van der Waals surface area contributed by atoms with Gasteiger partial charge in [0, 0.05) is 25.4 Å². The third kappa shape index (κ3) is 4.67. The molecule has 3 aliphatic carbocycles. The van der Waals surface area contributed by atoms with Gasteiger partial charge in [-0.1, -0.05) is 32.9 Å². The van der Waals surface area contributed by atoms with E-state index in [4.69, 9.17) is 0 Å². The van der Waals surface area contributed by atoms with Crippen LogP contribution < -0.4 is 16.0 Å².